The third-order valence-electron chi connectivity index (χ3n) is 2.39. The molecule has 0 unspecified atom stereocenters. The van der Waals surface area contributed by atoms with Crippen LogP contribution in [0.1, 0.15) is 19.2 Å². The van der Waals surface area contributed by atoms with E-state index in [-0.39, 0.29) is 0 Å². The van der Waals surface area contributed by atoms with Gasteiger partial charge in [-0.3, -0.25) is 0 Å². The van der Waals surface area contributed by atoms with Crippen molar-refractivity contribution in [3.05, 3.63) is 42.5 Å². The van der Waals surface area contributed by atoms with Gasteiger partial charge in [-0.15, -0.1) is 0 Å². The molecule has 0 saturated heterocycles. The smallest absolute Gasteiger partial charge is 0.113 e. The fourth-order valence-electron chi connectivity index (χ4n) is 1.67. The SMILES string of the molecule is CCCc1nccn1-c1ccccc1N. The molecule has 0 bridgehead atoms. The van der Waals surface area contributed by atoms with Crippen LogP contribution in [-0.4, -0.2) is 9.55 Å². The summed E-state index contributed by atoms with van der Waals surface area (Å²) >= 11 is 0. The van der Waals surface area contributed by atoms with E-state index >= 15 is 0 Å². The highest BCUT2D eigenvalue weighted by molar-refractivity contribution is 5.57. The van der Waals surface area contributed by atoms with Gasteiger partial charge in [0.25, 0.3) is 0 Å². The fraction of sp³-hybridized carbons (Fsp3) is 0.250. The molecule has 2 N–H and O–H groups in total. The summed E-state index contributed by atoms with van der Waals surface area (Å²) in [5, 5.41) is 0. The van der Waals surface area contributed by atoms with Crippen molar-refractivity contribution in [1.29, 1.82) is 0 Å². The molecule has 2 aromatic rings. The zero-order valence-electron chi connectivity index (χ0n) is 8.85. The number of nitrogen functional groups attached to an aromatic ring is 1. The van der Waals surface area contributed by atoms with Crippen LogP contribution in [0.3, 0.4) is 0 Å². The monoisotopic (exact) mass is 201 g/mol. The van der Waals surface area contributed by atoms with Crippen LogP contribution in [0.25, 0.3) is 5.69 Å². The maximum absolute atomic E-state index is 5.93. The Bertz CT molecular complexity index is 446. The number of imidazole rings is 1. The number of nitrogens with zero attached hydrogens (tertiary/aromatic N) is 2. The number of benzene rings is 1. The van der Waals surface area contributed by atoms with Crippen molar-refractivity contribution in [2.45, 2.75) is 19.8 Å². The molecule has 1 aromatic carbocycles. The minimum Gasteiger partial charge on any atom is -0.397 e. The van der Waals surface area contributed by atoms with Crippen LogP contribution < -0.4 is 5.73 Å². The van der Waals surface area contributed by atoms with Gasteiger partial charge in [0.2, 0.25) is 0 Å². The number of hydrogen-bond donors (Lipinski definition) is 1. The number of rotatable bonds is 3. The van der Waals surface area contributed by atoms with Gasteiger partial charge in [0.15, 0.2) is 0 Å². The summed E-state index contributed by atoms with van der Waals surface area (Å²) in [5.74, 6) is 1.07. The van der Waals surface area contributed by atoms with Gasteiger partial charge < -0.3 is 10.3 Å². The van der Waals surface area contributed by atoms with E-state index in [0.717, 1.165) is 30.0 Å². The summed E-state index contributed by atoms with van der Waals surface area (Å²) in [6.45, 7) is 2.15. The molecule has 0 aliphatic heterocycles. The minimum absolute atomic E-state index is 0.785. The minimum atomic E-state index is 0.785. The van der Waals surface area contributed by atoms with E-state index in [1.165, 1.54) is 0 Å². The lowest BCUT2D eigenvalue weighted by molar-refractivity contribution is 0.810. The first-order chi connectivity index (χ1) is 7.33. The van der Waals surface area contributed by atoms with Crippen LogP contribution in [0.5, 0.6) is 0 Å². The quantitative estimate of drug-likeness (QED) is 0.775. The largest absolute Gasteiger partial charge is 0.397 e. The summed E-state index contributed by atoms with van der Waals surface area (Å²) in [6, 6.07) is 7.85. The third kappa shape index (κ3) is 1.86. The van der Waals surface area contributed by atoms with Gasteiger partial charge in [-0.1, -0.05) is 19.1 Å². The van der Waals surface area contributed by atoms with E-state index in [1.54, 1.807) is 0 Å². The van der Waals surface area contributed by atoms with Crippen LogP contribution >= 0.6 is 0 Å². The molecule has 0 aliphatic rings. The zero-order chi connectivity index (χ0) is 10.7. The van der Waals surface area contributed by atoms with Gasteiger partial charge in [0.05, 0.1) is 11.4 Å². The van der Waals surface area contributed by atoms with Gasteiger partial charge in [0, 0.05) is 18.8 Å². The average Bonchev–Trinajstić information content (AvgIpc) is 2.67. The second kappa shape index (κ2) is 4.17. The Morgan fingerprint density at radius 2 is 2.13 bits per heavy atom. The topological polar surface area (TPSA) is 43.8 Å². The number of aromatic nitrogens is 2. The second-order valence-corrected chi connectivity index (χ2v) is 3.52. The number of anilines is 1. The van der Waals surface area contributed by atoms with Crippen LogP contribution in [0.2, 0.25) is 0 Å². The van der Waals surface area contributed by atoms with E-state index < -0.39 is 0 Å². The first-order valence-electron chi connectivity index (χ1n) is 5.20. The molecule has 78 valence electrons. The lowest BCUT2D eigenvalue weighted by atomic mass is 10.2. The Hall–Kier alpha value is -1.77. The van der Waals surface area contributed by atoms with E-state index in [4.69, 9.17) is 5.73 Å². The molecular weight excluding hydrogens is 186 g/mol. The Morgan fingerprint density at radius 1 is 1.33 bits per heavy atom. The van der Waals surface area contributed by atoms with E-state index in [1.807, 2.05) is 36.7 Å². The van der Waals surface area contributed by atoms with Gasteiger partial charge >= 0.3 is 0 Å². The first kappa shape index (κ1) is 9.77. The molecule has 0 amide bonds. The molecule has 3 nitrogen and oxygen atoms in total. The highest BCUT2D eigenvalue weighted by Crippen LogP contribution is 2.18. The maximum atomic E-state index is 5.93. The molecule has 0 fully saturated rings. The predicted octanol–water partition coefficient (Wildman–Crippen LogP) is 2.41. The lowest BCUT2D eigenvalue weighted by Gasteiger charge is -2.09. The number of aryl methyl sites for hydroxylation is 1. The van der Waals surface area contributed by atoms with Crippen molar-refractivity contribution in [2.24, 2.45) is 0 Å². The van der Waals surface area contributed by atoms with E-state index in [0.29, 0.717) is 0 Å². The number of hydrogen-bond acceptors (Lipinski definition) is 2. The Kier molecular flexibility index (Phi) is 2.72. The molecule has 15 heavy (non-hydrogen) atoms. The molecule has 3 heteroatoms. The summed E-state index contributed by atoms with van der Waals surface area (Å²) in [5.41, 5.74) is 7.73. The van der Waals surface area contributed by atoms with E-state index in [9.17, 15) is 0 Å². The van der Waals surface area contributed by atoms with Gasteiger partial charge in [-0.2, -0.15) is 0 Å². The standard InChI is InChI=1S/C12H15N3/c1-2-5-12-14-8-9-15(12)11-7-4-3-6-10(11)13/h3-4,6-9H,2,5,13H2,1H3. The van der Waals surface area contributed by atoms with E-state index in [2.05, 4.69) is 16.5 Å². The zero-order valence-corrected chi connectivity index (χ0v) is 8.85. The summed E-state index contributed by atoms with van der Waals surface area (Å²) < 4.78 is 2.05. The molecule has 2 rings (SSSR count). The van der Waals surface area contributed by atoms with Gasteiger partial charge in [-0.25, -0.2) is 4.98 Å². The second-order valence-electron chi connectivity index (χ2n) is 3.52. The highest BCUT2D eigenvalue weighted by Gasteiger charge is 2.05. The Labute approximate surface area is 89.6 Å². The normalized spacial score (nSPS) is 10.5. The van der Waals surface area contributed by atoms with Crippen molar-refractivity contribution in [3.8, 4) is 5.69 Å². The number of nitrogens with two attached hydrogens (primary N) is 1. The van der Waals surface area contributed by atoms with Crippen molar-refractivity contribution in [1.82, 2.24) is 9.55 Å². The van der Waals surface area contributed by atoms with Gasteiger partial charge in [0.1, 0.15) is 5.82 Å². The lowest BCUT2D eigenvalue weighted by Crippen LogP contribution is -2.03. The average molecular weight is 201 g/mol. The van der Waals surface area contributed by atoms with Crippen LogP contribution in [0.15, 0.2) is 36.7 Å². The summed E-state index contributed by atoms with van der Waals surface area (Å²) in [7, 11) is 0. The van der Waals surface area contributed by atoms with Crippen molar-refractivity contribution < 1.29 is 0 Å². The van der Waals surface area contributed by atoms with Crippen molar-refractivity contribution in [3.63, 3.8) is 0 Å². The molecular formula is C12H15N3. The van der Waals surface area contributed by atoms with Crippen LogP contribution in [0, 0.1) is 0 Å². The van der Waals surface area contributed by atoms with Gasteiger partial charge in [-0.05, 0) is 18.6 Å². The number of para-hydroxylation sites is 2. The maximum Gasteiger partial charge on any atom is 0.113 e. The van der Waals surface area contributed by atoms with Crippen LogP contribution in [0.4, 0.5) is 5.69 Å². The Morgan fingerprint density at radius 3 is 2.87 bits per heavy atom. The molecule has 1 aromatic heterocycles. The van der Waals surface area contributed by atoms with Crippen molar-refractivity contribution >= 4 is 5.69 Å². The molecule has 0 saturated carbocycles. The van der Waals surface area contributed by atoms with Crippen molar-refractivity contribution in [2.75, 3.05) is 5.73 Å². The fourth-order valence-corrected chi connectivity index (χ4v) is 1.67. The molecule has 0 spiro atoms. The van der Waals surface area contributed by atoms with Crippen LogP contribution in [-0.2, 0) is 6.42 Å². The first-order valence-corrected chi connectivity index (χ1v) is 5.20. The molecule has 0 atom stereocenters. The summed E-state index contributed by atoms with van der Waals surface area (Å²) in [4.78, 5) is 4.33. The molecule has 0 aliphatic carbocycles. The molecule has 1 heterocycles. The summed E-state index contributed by atoms with van der Waals surface area (Å²) in [6.07, 6.45) is 5.83. The third-order valence-corrected chi connectivity index (χ3v) is 2.39. The Balaban J connectivity index is 2.45. The highest BCUT2D eigenvalue weighted by atomic mass is 15.1. The molecule has 0 radical (unpaired) electrons. The predicted molar refractivity (Wildman–Crippen MR) is 62.0 cm³/mol.